The predicted molar refractivity (Wildman–Crippen MR) is 114 cm³/mol. The van der Waals surface area contributed by atoms with E-state index in [9.17, 15) is 4.79 Å². The van der Waals surface area contributed by atoms with Crippen LogP contribution in [0.5, 0.6) is 5.75 Å². The zero-order valence-corrected chi connectivity index (χ0v) is 17.4. The van der Waals surface area contributed by atoms with Gasteiger partial charge in [-0.3, -0.25) is 14.3 Å². The minimum Gasteiger partial charge on any atom is -0.496 e. The van der Waals surface area contributed by atoms with E-state index in [4.69, 9.17) is 9.84 Å². The average molecular weight is 388 g/mol. The zero-order chi connectivity index (χ0) is 20.7. The monoisotopic (exact) mass is 388 g/mol. The first-order chi connectivity index (χ1) is 13.9. The standard InChI is InChI=1S/C23H24N4O2/c1-14-11-20(28)26(13-19-16(3)22(29-5)15(2)12-24-19)23-21(14)17(4)25-27(23)18-9-7-6-8-10-18/h6-12H,13H2,1-5H3. The van der Waals surface area contributed by atoms with Crippen LogP contribution in [0.15, 0.2) is 47.4 Å². The van der Waals surface area contributed by atoms with Gasteiger partial charge in [0.15, 0.2) is 0 Å². The molecule has 0 aliphatic heterocycles. The lowest BCUT2D eigenvalue weighted by Gasteiger charge is -2.15. The van der Waals surface area contributed by atoms with E-state index >= 15 is 0 Å². The molecule has 0 aliphatic carbocycles. The maximum Gasteiger partial charge on any atom is 0.252 e. The number of para-hydroxylation sites is 1. The van der Waals surface area contributed by atoms with Crippen molar-refractivity contribution < 1.29 is 4.74 Å². The van der Waals surface area contributed by atoms with E-state index < -0.39 is 0 Å². The number of nitrogens with zero attached hydrogens (tertiary/aromatic N) is 4. The number of rotatable bonds is 4. The third-order valence-corrected chi connectivity index (χ3v) is 5.35. The molecule has 0 aliphatic rings. The SMILES string of the molecule is COc1c(C)cnc(Cn2c(=O)cc(C)c3c(C)nn(-c4ccccc4)c32)c1C. The number of hydrogen-bond donors (Lipinski definition) is 0. The van der Waals surface area contributed by atoms with Gasteiger partial charge in [0.2, 0.25) is 0 Å². The van der Waals surface area contributed by atoms with Crippen molar-refractivity contribution in [3.63, 3.8) is 0 Å². The van der Waals surface area contributed by atoms with E-state index in [0.717, 1.165) is 50.5 Å². The van der Waals surface area contributed by atoms with Crippen LogP contribution < -0.4 is 10.3 Å². The van der Waals surface area contributed by atoms with Crippen LogP contribution in [-0.2, 0) is 6.54 Å². The van der Waals surface area contributed by atoms with E-state index in [0.29, 0.717) is 6.54 Å². The van der Waals surface area contributed by atoms with Crippen molar-refractivity contribution in [2.45, 2.75) is 34.2 Å². The summed E-state index contributed by atoms with van der Waals surface area (Å²) in [6.07, 6.45) is 1.79. The highest BCUT2D eigenvalue weighted by Crippen LogP contribution is 2.27. The number of fused-ring (bicyclic) bond motifs is 1. The first-order valence-corrected chi connectivity index (χ1v) is 9.56. The Morgan fingerprint density at radius 1 is 1.03 bits per heavy atom. The minimum absolute atomic E-state index is 0.0761. The Hall–Kier alpha value is -3.41. The normalized spacial score (nSPS) is 11.2. The van der Waals surface area contributed by atoms with Crippen LogP contribution in [0.25, 0.3) is 16.7 Å². The van der Waals surface area contributed by atoms with E-state index in [-0.39, 0.29) is 5.56 Å². The molecule has 1 aromatic carbocycles. The number of hydrogen-bond acceptors (Lipinski definition) is 4. The fourth-order valence-electron chi connectivity index (χ4n) is 3.95. The predicted octanol–water partition coefficient (Wildman–Crippen LogP) is 3.87. The largest absolute Gasteiger partial charge is 0.496 e. The summed E-state index contributed by atoms with van der Waals surface area (Å²) in [5.41, 5.74) is 6.14. The van der Waals surface area contributed by atoms with E-state index in [2.05, 4.69) is 4.98 Å². The Labute approximate surface area is 169 Å². The summed E-state index contributed by atoms with van der Waals surface area (Å²) >= 11 is 0. The quantitative estimate of drug-likeness (QED) is 0.532. The Bertz CT molecular complexity index is 1270. The van der Waals surface area contributed by atoms with Crippen molar-refractivity contribution >= 4 is 11.0 Å². The highest BCUT2D eigenvalue weighted by atomic mass is 16.5. The highest BCUT2D eigenvalue weighted by molar-refractivity contribution is 5.83. The van der Waals surface area contributed by atoms with Gasteiger partial charge in [-0.25, -0.2) is 4.68 Å². The Morgan fingerprint density at radius 2 is 1.76 bits per heavy atom. The molecule has 0 bridgehead atoms. The van der Waals surface area contributed by atoms with Crippen molar-refractivity contribution in [2.75, 3.05) is 7.11 Å². The summed E-state index contributed by atoms with van der Waals surface area (Å²) in [6, 6.07) is 11.5. The number of ether oxygens (including phenoxy) is 1. The van der Waals surface area contributed by atoms with Gasteiger partial charge in [0.1, 0.15) is 11.4 Å². The smallest absolute Gasteiger partial charge is 0.252 e. The highest BCUT2D eigenvalue weighted by Gasteiger charge is 2.19. The van der Waals surface area contributed by atoms with Crippen LogP contribution in [-0.4, -0.2) is 26.4 Å². The molecule has 6 heteroatoms. The molecule has 3 aromatic heterocycles. The molecule has 0 N–H and O–H groups in total. The number of benzene rings is 1. The molecule has 148 valence electrons. The maximum atomic E-state index is 13.0. The second-order valence-electron chi connectivity index (χ2n) is 7.33. The molecule has 29 heavy (non-hydrogen) atoms. The van der Waals surface area contributed by atoms with Crippen molar-refractivity contribution in [1.29, 1.82) is 0 Å². The van der Waals surface area contributed by atoms with Gasteiger partial charge in [-0.2, -0.15) is 5.10 Å². The molecule has 6 nitrogen and oxygen atoms in total. The summed E-state index contributed by atoms with van der Waals surface area (Å²) in [4.78, 5) is 17.6. The molecule has 3 heterocycles. The lowest BCUT2D eigenvalue weighted by atomic mass is 10.1. The van der Waals surface area contributed by atoms with Crippen molar-refractivity contribution in [3.8, 4) is 11.4 Å². The minimum atomic E-state index is -0.0761. The van der Waals surface area contributed by atoms with Crippen molar-refractivity contribution in [3.05, 3.63) is 81.0 Å². The Balaban J connectivity index is 2.00. The van der Waals surface area contributed by atoms with Crippen LogP contribution in [0.4, 0.5) is 0 Å². The van der Waals surface area contributed by atoms with E-state index in [1.165, 1.54) is 0 Å². The van der Waals surface area contributed by atoms with Gasteiger partial charge in [0.25, 0.3) is 5.56 Å². The van der Waals surface area contributed by atoms with E-state index in [1.54, 1.807) is 23.9 Å². The van der Waals surface area contributed by atoms with Crippen LogP contribution in [0.1, 0.15) is 28.1 Å². The van der Waals surface area contributed by atoms with E-state index in [1.807, 2.05) is 62.7 Å². The summed E-state index contributed by atoms with van der Waals surface area (Å²) in [5.74, 6) is 0.805. The van der Waals surface area contributed by atoms with Gasteiger partial charge < -0.3 is 4.74 Å². The zero-order valence-electron chi connectivity index (χ0n) is 17.4. The van der Waals surface area contributed by atoms with Gasteiger partial charge in [0, 0.05) is 28.8 Å². The fraction of sp³-hybridized carbons (Fsp3) is 0.261. The van der Waals surface area contributed by atoms with Gasteiger partial charge >= 0.3 is 0 Å². The summed E-state index contributed by atoms with van der Waals surface area (Å²) in [7, 11) is 1.66. The van der Waals surface area contributed by atoms with Gasteiger partial charge in [-0.1, -0.05) is 18.2 Å². The van der Waals surface area contributed by atoms with Gasteiger partial charge in [-0.15, -0.1) is 0 Å². The first kappa shape index (κ1) is 18.9. The second kappa shape index (κ2) is 7.20. The maximum absolute atomic E-state index is 13.0. The van der Waals surface area contributed by atoms with Crippen LogP contribution in [0, 0.1) is 27.7 Å². The summed E-state index contributed by atoms with van der Waals surface area (Å²) in [5, 5.41) is 5.74. The van der Waals surface area contributed by atoms with Gasteiger partial charge in [-0.05, 0) is 45.4 Å². The molecule has 0 atom stereocenters. The summed E-state index contributed by atoms with van der Waals surface area (Å²) < 4.78 is 9.14. The van der Waals surface area contributed by atoms with Crippen LogP contribution in [0.2, 0.25) is 0 Å². The molecule has 4 aromatic rings. The molecule has 0 radical (unpaired) electrons. The first-order valence-electron chi connectivity index (χ1n) is 9.56. The third kappa shape index (κ3) is 3.10. The fourth-order valence-corrected chi connectivity index (χ4v) is 3.95. The van der Waals surface area contributed by atoms with Crippen molar-refractivity contribution in [1.82, 2.24) is 19.3 Å². The number of methoxy groups -OCH3 is 1. The third-order valence-electron chi connectivity index (χ3n) is 5.35. The Kier molecular flexibility index (Phi) is 4.70. The molecule has 0 saturated carbocycles. The molecular weight excluding hydrogens is 364 g/mol. The second-order valence-corrected chi connectivity index (χ2v) is 7.33. The number of pyridine rings is 2. The number of aromatic nitrogens is 4. The van der Waals surface area contributed by atoms with Crippen molar-refractivity contribution in [2.24, 2.45) is 0 Å². The molecule has 4 rings (SSSR count). The van der Waals surface area contributed by atoms with Crippen LogP contribution >= 0.6 is 0 Å². The Morgan fingerprint density at radius 3 is 2.45 bits per heavy atom. The molecule has 0 unspecified atom stereocenters. The molecular formula is C23H24N4O2. The van der Waals surface area contributed by atoms with Gasteiger partial charge in [0.05, 0.1) is 30.7 Å². The lowest BCUT2D eigenvalue weighted by Crippen LogP contribution is -2.23. The van der Waals surface area contributed by atoms with Crippen LogP contribution in [0.3, 0.4) is 0 Å². The molecule has 0 saturated heterocycles. The average Bonchev–Trinajstić information content (AvgIpc) is 3.05. The molecule has 0 amide bonds. The summed E-state index contributed by atoms with van der Waals surface area (Å²) in [6.45, 7) is 8.21. The topological polar surface area (TPSA) is 61.9 Å². The lowest BCUT2D eigenvalue weighted by molar-refractivity contribution is 0.406. The number of aryl methyl sites for hydroxylation is 3. The molecule has 0 spiro atoms. The molecule has 0 fully saturated rings.